The average molecular weight is 309 g/mol. The Morgan fingerprint density at radius 2 is 2.00 bits per heavy atom. The van der Waals surface area contributed by atoms with Gasteiger partial charge in [0.15, 0.2) is 5.00 Å². The molecule has 0 bridgehead atoms. The highest BCUT2D eigenvalue weighted by Crippen LogP contribution is 2.36. The Bertz CT molecular complexity index is 562. The van der Waals surface area contributed by atoms with Crippen molar-refractivity contribution in [2.45, 2.75) is 4.21 Å². The first kappa shape index (κ1) is 13.6. The first-order valence-electron chi connectivity index (χ1n) is 5.04. The number of nitro groups is 1. The van der Waals surface area contributed by atoms with Crippen LogP contribution in [0.4, 0.5) is 10.7 Å². The molecule has 2 N–H and O–H groups in total. The predicted molar refractivity (Wildman–Crippen MR) is 71.5 cm³/mol. The van der Waals surface area contributed by atoms with Gasteiger partial charge in [-0.25, -0.2) is 8.42 Å². The van der Waals surface area contributed by atoms with Crippen molar-refractivity contribution in [3.8, 4) is 0 Å². The van der Waals surface area contributed by atoms with E-state index >= 15 is 0 Å². The van der Waals surface area contributed by atoms with Crippen molar-refractivity contribution in [1.82, 2.24) is 4.31 Å². The summed E-state index contributed by atoms with van der Waals surface area (Å²) in [6.07, 6.45) is 0. The van der Waals surface area contributed by atoms with E-state index in [1.807, 2.05) is 0 Å². The van der Waals surface area contributed by atoms with Crippen molar-refractivity contribution in [1.29, 1.82) is 0 Å². The standard InChI is InChI=1S/C8H11N3O4S3/c9-8-6(11(12)13)5-7(17-8)18(14,15)10-1-3-16-4-2-10/h5H,1-4,9H2. The zero-order valence-corrected chi connectivity index (χ0v) is 11.7. The van der Waals surface area contributed by atoms with Gasteiger partial charge in [0.2, 0.25) is 0 Å². The van der Waals surface area contributed by atoms with Crippen LogP contribution >= 0.6 is 23.1 Å². The van der Waals surface area contributed by atoms with Crippen molar-refractivity contribution < 1.29 is 13.3 Å². The maximum absolute atomic E-state index is 12.2. The minimum absolute atomic E-state index is 0.0569. The lowest BCUT2D eigenvalue weighted by atomic mass is 10.5. The second-order valence-electron chi connectivity index (χ2n) is 3.59. The number of hydrogen-bond donors (Lipinski definition) is 1. The van der Waals surface area contributed by atoms with Crippen LogP contribution in [-0.4, -0.2) is 42.2 Å². The lowest BCUT2D eigenvalue weighted by molar-refractivity contribution is -0.383. The number of rotatable bonds is 3. The second kappa shape index (κ2) is 5.03. The largest absolute Gasteiger partial charge is 0.385 e. The maximum Gasteiger partial charge on any atom is 0.304 e. The lowest BCUT2D eigenvalue weighted by Gasteiger charge is -2.24. The van der Waals surface area contributed by atoms with Crippen LogP contribution in [0.5, 0.6) is 0 Å². The van der Waals surface area contributed by atoms with Gasteiger partial charge in [0, 0.05) is 30.7 Å². The van der Waals surface area contributed by atoms with Crippen molar-refractivity contribution >= 4 is 43.8 Å². The normalized spacial score (nSPS) is 17.8. The van der Waals surface area contributed by atoms with Gasteiger partial charge in [-0.15, -0.1) is 0 Å². The molecular formula is C8H11N3O4S3. The van der Waals surface area contributed by atoms with Gasteiger partial charge >= 0.3 is 5.69 Å². The van der Waals surface area contributed by atoms with E-state index in [9.17, 15) is 18.5 Å². The molecule has 2 heterocycles. The van der Waals surface area contributed by atoms with E-state index in [-0.39, 0.29) is 14.9 Å². The average Bonchev–Trinajstić information content (AvgIpc) is 2.73. The summed E-state index contributed by atoms with van der Waals surface area (Å²) >= 11 is 2.43. The number of sulfonamides is 1. The Kier molecular flexibility index (Phi) is 3.80. The zero-order valence-electron chi connectivity index (χ0n) is 9.24. The number of nitrogens with zero attached hydrogens (tertiary/aromatic N) is 2. The summed E-state index contributed by atoms with van der Waals surface area (Å²) in [5.41, 5.74) is 5.12. The van der Waals surface area contributed by atoms with Gasteiger partial charge < -0.3 is 5.73 Å². The van der Waals surface area contributed by atoms with Gasteiger partial charge in [0.25, 0.3) is 10.0 Å². The van der Waals surface area contributed by atoms with E-state index in [1.165, 1.54) is 4.31 Å². The first-order valence-corrected chi connectivity index (χ1v) is 8.45. The Balaban J connectivity index is 2.35. The molecule has 1 fully saturated rings. The van der Waals surface area contributed by atoms with E-state index in [0.717, 1.165) is 28.9 Å². The van der Waals surface area contributed by atoms with Crippen LogP contribution in [0.25, 0.3) is 0 Å². The van der Waals surface area contributed by atoms with Gasteiger partial charge in [-0.05, 0) is 0 Å². The molecule has 7 nitrogen and oxygen atoms in total. The Morgan fingerprint density at radius 1 is 1.39 bits per heavy atom. The van der Waals surface area contributed by atoms with Crippen molar-refractivity contribution in [2.75, 3.05) is 30.3 Å². The summed E-state index contributed by atoms with van der Waals surface area (Å²) in [4.78, 5) is 9.99. The quantitative estimate of drug-likeness (QED) is 0.659. The molecule has 0 spiro atoms. The number of nitrogens with two attached hydrogens (primary N) is 1. The number of nitrogen functional groups attached to an aromatic ring is 1. The number of anilines is 1. The fourth-order valence-electron chi connectivity index (χ4n) is 1.56. The molecule has 0 atom stereocenters. The molecule has 1 aromatic rings. The molecule has 2 rings (SSSR count). The molecule has 0 radical (unpaired) electrons. The van der Waals surface area contributed by atoms with Gasteiger partial charge in [0.05, 0.1) is 4.92 Å². The molecule has 10 heteroatoms. The summed E-state index contributed by atoms with van der Waals surface area (Å²) in [6.45, 7) is 0.858. The molecule has 0 aromatic carbocycles. The van der Waals surface area contributed by atoms with Gasteiger partial charge in [-0.1, -0.05) is 11.3 Å². The van der Waals surface area contributed by atoms with E-state index in [4.69, 9.17) is 5.73 Å². The zero-order chi connectivity index (χ0) is 13.3. The summed E-state index contributed by atoms with van der Waals surface area (Å²) in [5, 5.41) is 10.6. The minimum Gasteiger partial charge on any atom is -0.385 e. The molecule has 1 saturated heterocycles. The van der Waals surface area contributed by atoms with E-state index < -0.39 is 14.9 Å². The van der Waals surface area contributed by atoms with Crippen LogP contribution in [0.15, 0.2) is 10.3 Å². The third-order valence-corrected chi connectivity index (χ3v) is 6.72. The fraction of sp³-hybridized carbons (Fsp3) is 0.500. The molecular weight excluding hydrogens is 298 g/mol. The topological polar surface area (TPSA) is 107 Å². The number of thiophene rings is 1. The highest BCUT2D eigenvalue weighted by atomic mass is 32.2. The Morgan fingerprint density at radius 3 is 2.50 bits per heavy atom. The summed E-state index contributed by atoms with van der Waals surface area (Å²) in [6, 6.07) is 1.04. The van der Waals surface area contributed by atoms with Crippen molar-refractivity contribution in [2.24, 2.45) is 0 Å². The molecule has 0 aliphatic carbocycles. The molecule has 1 aliphatic rings. The molecule has 1 aliphatic heterocycles. The van der Waals surface area contributed by atoms with Crippen LogP contribution in [0.1, 0.15) is 0 Å². The first-order chi connectivity index (χ1) is 8.43. The summed E-state index contributed by atoms with van der Waals surface area (Å²) < 4.78 is 25.7. The highest BCUT2D eigenvalue weighted by molar-refractivity contribution is 7.99. The molecule has 0 unspecified atom stereocenters. The van der Waals surface area contributed by atoms with Gasteiger partial charge in [-0.2, -0.15) is 16.1 Å². The predicted octanol–water partition coefficient (Wildman–Crippen LogP) is 0.976. The summed E-state index contributed by atoms with van der Waals surface area (Å²) in [7, 11) is -3.64. The Labute approximate surface area is 112 Å². The van der Waals surface area contributed by atoms with Crippen molar-refractivity contribution in [3.05, 3.63) is 16.2 Å². The van der Waals surface area contributed by atoms with Crippen LogP contribution in [-0.2, 0) is 10.0 Å². The van der Waals surface area contributed by atoms with E-state index in [2.05, 4.69) is 0 Å². The fourth-order valence-corrected chi connectivity index (χ4v) is 5.50. The van der Waals surface area contributed by atoms with E-state index in [0.29, 0.717) is 13.1 Å². The van der Waals surface area contributed by atoms with Gasteiger partial charge in [-0.3, -0.25) is 10.1 Å². The van der Waals surface area contributed by atoms with Gasteiger partial charge in [0.1, 0.15) is 4.21 Å². The van der Waals surface area contributed by atoms with Crippen LogP contribution < -0.4 is 5.73 Å². The molecule has 100 valence electrons. The molecule has 0 saturated carbocycles. The smallest absolute Gasteiger partial charge is 0.304 e. The number of thioether (sulfide) groups is 1. The maximum atomic E-state index is 12.2. The Hall–Kier alpha value is -0.840. The van der Waals surface area contributed by atoms with Crippen LogP contribution in [0.3, 0.4) is 0 Å². The van der Waals surface area contributed by atoms with Crippen LogP contribution in [0.2, 0.25) is 0 Å². The lowest BCUT2D eigenvalue weighted by Crippen LogP contribution is -2.37. The molecule has 18 heavy (non-hydrogen) atoms. The summed E-state index contributed by atoms with van der Waals surface area (Å²) in [5.74, 6) is 1.48. The monoisotopic (exact) mass is 309 g/mol. The molecule has 0 amide bonds. The second-order valence-corrected chi connectivity index (χ2v) is 8.06. The highest BCUT2D eigenvalue weighted by Gasteiger charge is 2.31. The number of hydrogen-bond acceptors (Lipinski definition) is 7. The third kappa shape index (κ3) is 2.46. The minimum atomic E-state index is -3.64. The van der Waals surface area contributed by atoms with E-state index in [1.54, 1.807) is 11.8 Å². The molecule has 1 aromatic heterocycles. The van der Waals surface area contributed by atoms with Crippen molar-refractivity contribution in [3.63, 3.8) is 0 Å². The SMILES string of the molecule is Nc1sc(S(=O)(=O)N2CCSCC2)cc1[N+](=O)[O-]. The van der Waals surface area contributed by atoms with Crippen LogP contribution in [0, 0.1) is 10.1 Å². The third-order valence-electron chi connectivity index (χ3n) is 2.48.